The molecule has 3 N–H and O–H groups in total. The Hall–Kier alpha value is -3.95. The molecule has 2 aromatic heterocycles. The van der Waals surface area contributed by atoms with E-state index in [0.29, 0.717) is 6.42 Å². The lowest BCUT2D eigenvalue weighted by atomic mass is 9.92. The number of hydrogen-bond donors (Lipinski definition) is 3. The summed E-state index contributed by atoms with van der Waals surface area (Å²) in [6, 6.07) is 11.8. The number of ether oxygens (including phenoxy) is 1. The molecular weight excluding hydrogens is 416 g/mol. The molecule has 0 saturated heterocycles. The number of carbonyl (C=O) groups excluding carboxylic acids is 1. The number of amides is 1. The summed E-state index contributed by atoms with van der Waals surface area (Å²) in [5.41, 5.74) is -1.76. The van der Waals surface area contributed by atoms with Crippen molar-refractivity contribution in [2.75, 3.05) is 0 Å². The molecule has 3 rings (SSSR count). The Balaban J connectivity index is 1.99. The lowest BCUT2D eigenvalue weighted by Crippen LogP contribution is -2.47. The molecular formula is C22H24N4O6. The van der Waals surface area contributed by atoms with Gasteiger partial charge in [-0.3, -0.25) is 4.79 Å². The van der Waals surface area contributed by atoms with Gasteiger partial charge in [0.2, 0.25) is 17.3 Å². The molecule has 10 nitrogen and oxygen atoms in total. The molecule has 10 heteroatoms. The topological polar surface area (TPSA) is 147 Å². The highest BCUT2D eigenvalue weighted by Gasteiger charge is 2.36. The van der Waals surface area contributed by atoms with Gasteiger partial charge < -0.3 is 24.6 Å². The molecule has 3 aromatic rings. The van der Waals surface area contributed by atoms with E-state index in [1.165, 1.54) is 6.07 Å². The second-order valence-corrected chi connectivity index (χ2v) is 8.49. The van der Waals surface area contributed by atoms with Gasteiger partial charge in [0, 0.05) is 18.1 Å². The lowest BCUT2D eigenvalue weighted by molar-refractivity contribution is 0.0443. The fraction of sp³-hybridized carbons (Fsp3) is 0.318. The number of rotatable bonds is 6. The highest BCUT2D eigenvalue weighted by atomic mass is 16.6. The van der Waals surface area contributed by atoms with Crippen LogP contribution in [0.1, 0.15) is 49.6 Å². The first-order valence-corrected chi connectivity index (χ1v) is 9.82. The predicted molar refractivity (Wildman–Crippen MR) is 114 cm³/mol. The minimum atomic E-state index is -1.30. The molecule has 0 bridgehead atoms. The molecule has 32 heavy (non-hydrogen) atoms. The molecule has 1 amide bonds. The molecule has 2 heterocycles. The smallest absolute Gasteiger partial charge is 0.408 e. The number of carboxylic acids is 1. The molecule has 168 valence electrons. The molecule has 0 fully saturated rings. The predicted octanol–water partition coefficient (Wildman–Crippen LogP) is 3.11. The normalized spacial score (nSPS) is 13.2. The van der Waals surface area contributed by atoms with Crippen LogP contribution in [-0.4, -0.2) is 38.0 Å². The van der Waals surface area contributed by atoms with E-state index in [1.54, 1.807) is 27.7 Å². The van der Waals surface area contributed by atoms with Crippen molar-refractivity contribution in [2.45, 2.75) is 45.3 Å². The molecule has 0 saturated carbocycles. The molecule has 0 radical (unpaired) electrons. The monoisotopic (exact) mass is 440 g/mol. The molecule has 0 aliphatic heterocycles. The molecule has 1 aromatic carbocycles. The Bertz CT molecular complexity index is 1180. The van der Waals surface area contributed by atoms with Gasteiger partial charge in [0.05, 0.1) is 0 Å². The summed E-state index contributed by atoms with van der Waals surface area (Å²) in [5, 5.41) is 20.0. The van der Waals surface area contributed by atoms with Crippen LogP contribution in [0.5, 0.6) is 0 Å². The Morgan fingerprint density at radius 2 is 1.81 bits per heavy atom. The van der Waals surface area contributed by atoms with Gasteiger partial charge in [0.1, 0.15) is 16.8 Å². The first-order chi connectivity index (χ1) is 14.9. The fourth-order valence-electron chi connectivity index (χ4n) is 3.05. The van der Waals surface area contributed by atoms with Crippen LogP contribution in [0.4, 0.5) is 4.79 Å². The van der Waals surface area contributed by atoms with Gasteiger partial charge in [-0.15, -0.1) is 10.2 Å². The van der Waals surface area contributed by atoms with Crippen molar-refractivity contribution in [3.05, 3.63) is 70.0 Å². The third-order valence-corrected chi connectivity index (χ3v) is 4.40. The van der Waals surface area contributed by atoms with Crippen LogP contribution in [0.3, 0.4) is 0 Å². The van der Waals surface area contributed by atoms with Gasteiger partial charge in [0.25, 0.3) is 0 Å². The number of nitrogens with zero attached hydrogens (tertiary/aromatic N) is 2. The van der Waals surface area contributed by atoms with Crippen molar-refractivity contribution >= 4 is 12.1 Å². The van der Waals surface area contributed by atoms with Crippen LogP contribution in [0.2, 0.25) is 0 Å². The summed E-state index contributed by atoms with van der Waals surface area (Å²) in [5.74, 6) is -1.29. The first kappa shape index (κ1) is 22.7. The van der Waals surface area contributed by atoms with Crippen molar-refractivity contribution in [1.82, 2.24) is 20.5 Å². The number of benzene rings is 1. The van der Waals surface area contributed by atoms with Crippen molar-refractivity contribution in [3.8, 4) is 11.5 Å². The second-order valence-electron chi connectivity index (χ2n) is 8.49. The highest BCUT2D eigenvalue weighted by molar-refractivity contribution is 5.86. The summed E-state index contributed by atoms with van der Waals surface area (Å²) in [6.07, 6.45) is -0.357. The van der Waals surface area contributed by atoms with Gasteiger partial charge in [-0.05, 0) is 39.3 Å². The Kier molecular flexibility index (Phi) is 6.15. The molecule has 1 unspecified atom stereocenters. The van der Waals surface area contributed by atoms with Crippen LogP contribution >= 0.6 is 0 Å². The standard InChI is InChI=1S/C22H24N4O6/c1-21(2,3)32-20(30)24-22(4,12-13-8-6-5-7-9-13)19-26-25-17(31-19)14-10-15(18(28)29)23-16(27)11-14/h5-11H,12H2,1-4H3,(H,23,27)(H,24,30)(H,28,29). The van der Waals surface area contributed by atoms with E-state index in [4.69, 9.17) is 9.15 Å². The zero-order valence-corrected chi connectivity index (χ0v) is 18.1. The summed E-state index contributed by atoms with van der Waals surface area (Å²) >= 11 is 0. The zero-order valence-electron chi connectivity index (χ0n) is 18.1. The number of aromatic amines is 1. The van der Waals surface area contributed by atoms with E-state index in [2.05, 4.69) is 20.5 Å². The number of hydrogen-bond acceptors (Lipinski definition) is 7. The Morgan fingerprint density at radius 3 is 2.44 bits per heavy atom. The van der Waals surface area contributed by atoms with Gasteiger partial charge in [-0.1, -0.05) is 30.3 Å². The number of carboxylic acid groups (broad SMARTS) is 1. The summed E-state index contributed by atoms with van der Waals surface area (Å²) in [7, 11) is 0. The number of H-pyrrole nitrogens is 1. The van der Waals surface area contributed by atoms with Crippen LogP contribution in [0.25, 0.3) is 11.5 Å². The number of carbonyl (C=O) groups is 2. The maximum atomic E-state index is 12.5. The van der Waals surface area contributed by atoms with E-state index in [9.17, 15) is 19.5 Å². The minimum absolute atomic E-state index is 0.0566. The van der Waals surface area contributed by atoms with E-state index in [0.717, 1.165) is 11.6 Å². The number of alkyl carbamates (subject to hydrolysis) is 1. The van der Waals surface area contributed by atoms with E-state index < -0.39 is 28.8 Å². The van der Waals surface area contributed by atoms with Gasteiger partial charge in [0.15, 0.2) is 0 Å². The maximum Gasteiger partial charge on any atom is 0.408 e. The van der Waals surface area contributed by atoms with Crippen LogP contribution < -0.4 is 10.9 Å². The zero-order chi connectivity index (χ0) is 23.5. The number of aromatic carboxylic acids is 1. The van der Waals surface area contributed by atoms with Gasteiger partial charge in [-0.2, -0.15) is 0 Å². The SMILES string of the molecule is CC(C)(C)OC(=O)NC(C)(Cc1ccccc1)c1nnc(-c2cc(C(=O)O)[nH]c(=O)c2)o1. The first-order valence-electron chi connectivity index (χ1n) is 9.82. The average molecular weight is 440 g/mol. The van der Waals surface area contributed by atoms with Gasteiger partial charge >= 0.3 is 12.1 Å². The quantitative estimate of drug-likeness (QED) is 0.530. The molecule has 0 aliphatic carbocycles. The number of nitrogens with one attached hydrogen (secondary N) is 2. The highest BCUT2D eigenvalue weighted by Crippen LogP contribution is 2.28. The summed E-state index contributed by atoms with van der Waals surface area (Å²) in [4.78, 5) is 37.8. The van der Waals surface area contributed by atoms with Crippen molar-refractivity contribution < 1.29 is 23.8 Å². The maximum absolute atomic E-state index is 12.5. The minimum Gasteiger partial charge on any atom is -0.477 e. The van der Waals surface area contributed by atoms with Crippen LogP contribution in [0, 0.1) is 0 Å². The van der Waals surface area contributed by atoms with E-state index in [-0.39, 0.29) is 23.0 Å². The lowest BCUT2D eigenvalue weighted by Gasteiger charge is -2.29. The molecule has 0 spiro atoms. The van der Waals surface area contributed by atoms with Crippen molar-refractivity contribution in [2.24, 2.45) is 0 Å². The van der Waals surface area contributed by atoms with Gasteiger partial charge in [-0.25, -0.2) is 9.59 Å². The van der Waals surface area contributed by atoms with Crippen LogP contribution in [0.15, 0.2) is 51.7 Å². The molecule has 0 aliphatic rings. The Labute approximate surface area is 183 Å². The van der Waals surface area contributed by atoms with E-state index >= 15 is 0 Å². The summed E-state index contributed by atoms with van der Waals surface area (Å²) in [6.45, 7) is 6.96. The Morgan fingerprint density at radius 1 is 1.12 bits per heavy atom. The third-order valence-electron chi connectivity index (χ3n) is 4.40. The number of pyridine rings is 1. The van der Waals surface area contributed by atoms with E-state index in [1.807, 2.05) is 30.3 Å². The summed E-state index contributed by atoms with van der Waals surface area (Å²) < 4.78 is 11.2. The number of aromatic nitrogens is 3. The third kappa shape index (κ3) is 5.60. The van der Waals surface area contributed by atoms with Crippen molar-refractivity contribution in [3.63, 3.8) is 0 Å². The largest absolute Gasteiger partial charge is 0.477 e. The second kappa shape index (κ2) is 8.66. The molecule has 1 atom stereocenters. The van der Waals surface area contributed by atoms with Crippen LogP contribution in [-0.2, 0) is 16.7 Å². The fourth-order valence-corrected chi connectivity index (χ4v) is 3.05. The average Bonchev–Trinajstić information content (AvgIpc) is 3.17. The van der Waals surface area contributed by atoms with Crippen molar-refractivity contribution in [1.29, 1.82) is 0 Å².